The molecular formula is C12H17NOS. The Labute approximate surface area is 95.2 Å². The fourth-order valence-electron chi connectivity index (χ4n) is 1.67. The lowest BCUT2D eigenvalue weighted by Crippen LogP contribution is -2.32. The van der Waals surface area contributed by atoms with Gasteiger partial charge < -0.3 is 10.5 Å². The van der Waals surface area contributed by atoms with E-state index < -0.39 is 0 Å². The van der Waals surface area contributed by atoms with Crippen LogP contribution >= 0.6 is 11.8 Å². The van der Waals surface area contributed by atoms with E-state index in [4.69, 9.17) is 10.5 Å². The number of hydrogen-bond acceptors (Lipinski definition) is 3. The highest BCUT2D eigenvalue weighted by Gasteiger charge is 2.23. The van der Waals surface area contributed by atoms with E-state index >= 15 is 0 Å². The van der Waals surface area contributed by atoms with Gasteiger partial charge in [0.15, 0.2) is 0 Å². The Bertz CT molecular complexity index is 325. The lowest BCUT2D eigenvalue weighted by Gasteiger charge is -2.29. The van der Waals surface area contributed by atoms with Crippen molar-refractivity contribution in [2.45, 2.75) is 17.4 Å². The summed E-state index contributed by atoms with van der Waals surface area (Å²) in [6.45, 7) is 4.58. The fourth-order valence-corrected chi connectivity index (χ4v) is 2.89. The number of aryl methyl sites for hydroxylation is 1. The van der Waals surface area contributed by atoms with Crippen LogP contribution in [0.5, 0.6) is 0 Å². The first-order valence-electron chi connectivity index (χ1n) is 5.29. The van der Waals surface area contributed by atoms with Gasteiger partial charge in [0, 0.05) is 11.8 Å². The molecule has 0 spiro atoms. The SMILES string of the molecule is Cc1cccc(C(CN)SC2COC2)c1. The second-order valence-electron chi connectivity index (χ2n) is 3.93. The van der Waals surface area contributed by atoms with Crippen molar-refractivity contribution < 1.29 is 4.74 Å². The van der Waals surface area contributed by atoms with E-state index in [1.165, 1.54) is 11.1 Å². The van der Waals surface area contributed by atoms with E-state index in [2.05, 4.69) is 31.2 Å². The Morgan fingerprint density at radius 2 is 2.33 bits per heavy atom. The number of thioether (sulfide) groups is 1. The lowest BCUT2D eigenvalue weighted by atomic mass is 10.1. The van der Waals surface area contributed by atoms with Crippen molar-refractivity contribution in [3.8, 4) is 0 Å². The summed E-state index contributed by atoms with van der Waals surface area (Å²) >= 11 is 1.94. The molecule has 1 unspecified atom stereocenters. The summed E-state index contributed by atoms with van der Waals surface area (Å²) in [5.41, 5.74) is 8.46. The van der Waals surface area contributed by atoms with Crippen LogP contribution in [0.4, 0.5) is 0 Å². The summed E-state index contributed by atoms with van der Waals surface area (Å²) in [7, 11) is 0. The zero-order valence-corrected chi connectivity index (χ0v) is 9.80. The molecule has 1 aliphatic heterocycles. The van der Waals surface area contributed by atoms with Crippen molar-refractivity contribution in [3.05, 3.63) is 35.4 Å². The highest BCUT2D eigenvalue weighted by Crippen LogP contribution is 2.34. The number of nitrogens with two attached hydrogens (primary N) is 1. The zero-order valence-electron chi connectivity index (χ0n) is 8.98. The average Bonchev–Trinajstić information content (AvgIpc) is 2.16. The monoisotopic (exact) mass is 223 g/mol. The Kier molecular flexibility index (Phi) is 3.67. The normalized spacial score (nSPS) is 18.5. The second-order valence-corrected chi connectivity index (χ2v) is 5.44. The van der Waals surface area contributed by atoms with Gasteiger partial charge in [0.1, 0.15) is 0 Å². The molecule has 0 bridgehead atoms. The molecule has 0 aliphatic carbocycles. The molecule has 1 heterocycles. The maximum Gasteiger partial charge on any atom is 0.0608 e. The third-order valence-electron chi connectivity index (χ3n) is 2.59. The Morgan fingerprint density at radius 3 is 2.87 bits per heavy atom. The van der Waals surface area contributed by atoms with Crippen LogP contribution < -0.4 is 5.73 Å². The zero-order chi connectivity index (χ0) is 10.7. The Hall–Kier alpha value is -0.510. The summed E-state index contributed by atoms with van der Waals surface area (Å²) in [5.74, 6) is 0. The van der Waals surface area contributed by atoms with Gasteiger partial charge in [-0.3, -0.25) is 0 Å². The average molecular weight is 223 g/mol. The molecule has 1 aromatic carbocycles. The second kappa shape index (κ2) is 5.01. The molecule has 15 heavy (non-hydrogen) atoms. The molecule has 0 saturated carbocycles. The quantitative estimate of drug-likeness (QED) is 0.849. The molecule has 1 aliphatic rings. The van der Waals surface area contributed by atoms with E-state index in [0.717, 1.165) is 13.2 Å². The minimum atomic E-state index is 0.416. The standard InChI is InChI=1S/C12H17NOS/c1-9-3-2-4-10(5-9)12(6-13)15-11-7-14-8-11/h2-5,11-12H,6-8,13H2,1H3. The summed E-state index contributed by atoms with van der Waals surface area (Å²) in [6, 6.07) is 8.61. The molecule has 1 fully saturated rings. The van der Waals surface area contributed by atoms with E-state index in [1.54, 1.807) is 0 Å². The van der Waals surface area contributed by atoms with Crippen LogP contribution in [-0.4, -0.2) is 25.0 Å². The van der Waals surface area contributed by atoms with E-state index in [9.17, 15) is 0 Å². The van der Waals surface area contributed by atoms with Gasteiger partial charge in [-0.15, -0.1) is 11.8 Å². The predicted molar refractivity (Wildman–Crippen MR) is 65.2 cm³/mol. The van der Waals surface area contributed by atoms with E-state index in [1.807, 2.05) is 11.8 Å². The highest BCUT2D eigenvalue weighted by molar-refractivity contribution is 8.00. The smallest absolute Gasteiger partial charge is 0.0608 e. The summed E-state index contributed by atoms with van der Waals surface area (Å²) in [4.78, 5) is 0. The van der Waals surface area contributed by atoms with Gasteiger partial charge >= 0.3 is 0 Å². The van der Waals surface area contributed by atoms with Gasteiger partial charge in [-0.1, -0.05) is 29.8 Å². The molecular weight excluding hydrogens is 206 g/mol. The molecule has 0 aromatic heterocycles. The van der Waals surface area contributed by atoms with Crippen LogP contribution in [-0.2, 0) is 4.74 Å². The predicted octanol–water partition coefficient (Wildman–Crippen LogP) is 2.13. The van der Waals surface area contributed by atoms with E-state index in [0.29, 0.717) is 17.0 Å². The number of benzene rings is 1. The summed E-state index contributed by atoms with van der Waals surface area (Å²) in [5, 5.41) is 1.05. The summed E-state index contributed by atoms with van der Waals surface area (Å²) in [6.07, 6.45) is 0. The van der Waals surface area contributed by atoms with Crippen molar-refractivity contribution in [3.63, 3.8) is 0 Å². The van der Waals surface area contributed by atoms with Crippen LogP contribution in [0, 0.1) is 6.92 Å². The minimum Gasteiger partial charge on any atom is -0.379 e. The van der Waals surface area contributed by atoms with Crippen molar-refractivity contribution in [1.29, 1.82) is 0 Å². The number of hydrogen-bond donors (Lipinski definition) is 1. The molecule has 1 aromatic rings. The third kappa shape index (κ3) is 2.74. The maximum absolute atomic E-state index is 5.82. The van der Waals surface area contributed by atoms with Gasteiger partial charge in [0.25, 0.3) is 0 Å². The lowest BCUT2D eigenvalue weighted by molar-refractivity contribution is 0.0453. The van der Waals surface area contributed by atoms with Crippen molar-refractivity contribution >= 4 is 11.8 Å². The van der Waals surface area contributed by atoms with Crippen LogP contribution in [0.25, 0.3) is 0 Å². The molecule has 82 valence electrons. The molecule has 1 saturated heterocycles. The molecule has 2 nitrogen and oxygen atoms in total. The van der Waals surface area contributed by atoms with Crippen LogP contribution in [0.15, 0.2) is 24.3 Å². The number of ether oxygens (including phenoxy) is 1. The largest absolute Gasteiger partial charge is 0.379 e. The number of rotatable bonds is 4. The Balaban J connectivity index is 2.04. The topological polar surface area (TPSA) is 35.2 Å². The molecule has 2 rings (SSSR count). The van der Waals surface area contributed by atoms with Gasteiger partial charge in [-0.25, -0.2) is 0 Å². The van der Waals surface area contributed by atoms with Gasteiger partial charge in [0.2, 0.25) is 0 Å². The van der Waals surface area contributed by atoms with E-state index in [-0.39, 0.29) is 0 Å². The van der Waals surface area contributed by atoms with Gasteiger partial charge in [-0.05, 0) is 12.5 Å². The summed E-state index contributed by atoms with van der Waals surface area (Å²) < 4.78 is 5.18. The van der Waals surface area contributed by atoms with Gasteiger partial charge in [-0.2, -0.15) is 0 Å². The third-order valence-corrected chi connectivity index (χ3v) is 4.04. The molecule has 3 heteroatoms. The Morgan fingerprint density at radius 1 is 1.53 bits per heavy atom. The molecule has 2 N–H and O–H groups in total. The van der Waals surface area contributed by atoms with Crippen LogP contribution in [0.2, 0.25) is 0 Å². The first-order chi connectivity index (χ1) is 7.29. The van der Waals surface area contributed by atoms with Crippen LogP contribution in [0.3, 0.4) is 0 Å². The van der Waals surface area contributed by atoms with Crippen LogP contribution in [0.1, 0.15) is 16.4 Å². The maximum atomic E-state index is 5.82. The molecule has 1 atom stereocenters. The van der Waals surface area contributed by atoms with Gasteiger partial charge in [0.05, 0.1) is 18.5 Å². The minimum absolute atomic E-state index is 0.416. The van der Waals surface area contributed by atoms with Crippen molar-refractivity contribution in [1.82, 2.24) is 0 Å². The molecule has 0 amide bonds. The first kappa shape index (κ1) is 11.0. The first-order valence-corrected chi connectivity index (χ1v) is 6.23. The highest BCUT2D eigenvalue weighted by atomic mass is 32.2. The van der Waals surface area contributed by atoms with Crippen molar-refractivity contribution in [2.24, 2.45) is 5.73 Å². The molecule has 0 radical (unpaired) electrons. The van der Waals surface area contributed by atoms with Crippen molar-refractivity contribution in [2.75, 3.05) is 19.8 Å². The fraction of sp³-hybridized carbons (Fsp3) is 0.500.